The second-order valence-corrected chi connectivity index (χ2v) is 4.42. The Morgan fingerprint density at radius 3 is 2.65 bits per heavy atom. The van der Waals surface area contributed by atoms with E-state index in [4.69, 9.17) is 10.3 Å². The first-order chi connectivity index (χ1) is 8.08. The third-order valence-electron chi connectivity index (χ3n) is 2.62. The summed E-state index contributed by atoms with van der Waals surface area (Å²) in [5, 5.41) is 3.90. The van der Waals surface area contributed by atoms with Crippen molar-refractivity contribution in [3.8, 4) is 11.5 Å². The van der Waals surface area contributed by atoms with E-state index in [1.54, 1.807) is 6.20 Å². The van der Waals surface area contributed by atoms with Crippen molar-refractivity contribution >= 4 is 0 Å². The van der Waals surface area contributed by atoms with Gasteiger partial charge in [-0.15, -0.1) is 0 Å². The molecule has 0 saturated carbocycles. The smallest absolute Gasteiger partial charge is 0.259 e. The van der Waals surface area contributed by atoms with Gasteiger partial charge in [0.2, 0.25) is 0 Å². The van der Waals surface area contributed by atoms with Crippen LogP contribution in [0.3, 0.4) is 0 Å². The Kier molecular flexibility index (Phi) is 3.19. The van der Waals surface area contributed by atoms with Crippen molar-refractivity contribution in [2.75, 3.05) is 0 Å². The average molecular weight is 232 g/mol. The maximum absolute atomic E-state index is 5.95. The van der Waals surface area contributed by atoms with Crippen molar-refractivity contribution in [1.29, 1.82) is 0 Å². The number of aryl methyl sites for hydroxylation is 1. The Balaban J connectivity index is 2.26. The van der Waals surface area contributed by atoms with Crippen molar-refractivity contribution in [3.63, 3.8) is 0 Å². The standard InChI is InChI=1S/C12H16N4O/c1-7(2)10(13)11-15-12(17-16-11)9-5-4-8(3)14-6-9/h4-7,10H,13H2,1-3H3. The highest BCUT2D eigenvalue weighted by atomic mass is 16.5. The maximum atomic E-state index is 5.95. The molecule has 0 aliphatic heterocycles. The molecule has 1 unspecified atom stereocenters. The van der Waals surface area contributed by atoms with Crippen LogP contribution >= 0.6 is 0 Å². The minimum atomic E-state index is -0.203. The summed E-state index contributed by atoms with van der Waals surface area (Å²) in [6.07, 6.45) is 1.72. The second-order valence-electron chi connectivity index (χ2n) is 4.42. The summed E-state index contributed by atoms with van der Waals surface area (Å²) in [4.78, 5) is 8.47. The highest BCUT2D eigenvalue weighted by molar-refractivity contribution is 5.50. The van der Waals surface area contributed by atoms with Gasteiger partial charge in [0.15, 0.2) is 5.82 Å². The Morgan fingerprint density at radius 2 is 2.06 bits per heavy atom. The Hall–Kier alpha value is -1.75. The summed E-state index contributed by atoms with van der Waals surface area (Å²) >= 11 is 0. The quantitative estimate of drug-likeness (QED) is 0.876. The number of hydrogen-bond acceptors (Lipinski definition) is 5. The van der Waals surface area contributed by atoms with Gasteiger partial charge in [-0.3, -0.25) is 4.98 Å². The van der Waals surface area contributed by atoms with Gasteiger partial charge in [0.25, 0.3) is 5.89 Å². The lowest BCUT2D eigenvalue weighted by atomic mass is 10.1. The van der Waals surface area contributed by atoms with Crippen LogP contribution in [0.15, 0.2) is 22.9 Å². The predicted octanol–water partition coefficient (Wildman–Crippen LogP) is 2.10. The highest BCUT2D eigenvalue weighted by Gasteiger charge is 2.18. The van der Waals surface area contributed by atoms with E-state index in [0.717, 1.165) is 11.3 Å². The molecule has 5 heteroatoms. The van der Waals surface area contributed by atoms with Gasteiger partial charge in [0.05, 0.1) is 11.6 Å². The monoisotopic (exact) mass is 232 g/mol. The summed E-state index contributed by atoms with van der Waals surface area (Å²) in [6, 6.07) is 3.60. The van der Waals surface area contributed by atoms with E-state index in [1.807, 2.05) is 32.9 Å². The zero-order valence-electron chi connectivity index (χ0n) is 10.2. The highest BCUT2D eigenvalue weighted by Crippen LogP contribution is 2.20. The maximum Gasteiger partial charge on any atom is 0.259 e. The molecule has 0 saturated heterocycles. The van der Waals surface area contributed by atoms with Crippen molar-refractivity contribution < 1.29 is 4.52 Å². The lowest BCUT2D eigenvalue weighted by Crippen LogP contribution is -2.18. The zero-order valence-corrected chi connectivity index (χ0v) is 10.2. The van der Waals surface area contributed by atoms with Gasteiger partial charge in [-0.1, -0.05) is 19.0 Å². The van der Waals surface area contributed by atoms with Crippen LogP contribution < -0.4 is 5.73 Å². The Labute approximate surface area is 100 Å². The molecule has 90 valence electrons. The van der Waals surface area contributed by atoms with Gasteiger partial charge in [0.1, 0.15) is 0 Å². The van der Waals surface area contributed by atoms with Crippen LogP contribution in [0.1, 0.15) is 31.4 Å². The van der Waals surface area contributed by atoms with Crippen LogP contribution in [0.5, 0.6) is 0 Å². The molecule has 2 N–H and O–H groups in total. The number of hydrogen-bond donors (Lipinski definition) is 1. The van der Waals surface area contributed by atoms with E-state index >= 15 is 0 Å². The lowest BCUT2D eigenvalue weighted by molar-refractivity contribution is 0.400. The van der Waals surface area contributed by atoms with Crippen molar-refractivity contribution in [2.45, 2.75) is 26.8 Å². The lowest BCUT2D eigenvalue weighted by Gasteiger charge is -2.09. The molecule has 0 aliphatic rings. The van der Waals surface area contributed by atoms with Crippen LogP contribution in [-0.2, 0) is 0 Å². The van der Waals surface area contributed by atoms with Crippen molar-refractivity contribution in [1.82, 2.24) is 15.1 Å². The number of aromatic nitrogens is 3. The van der Waals surface area contributed by atoms with Gasteiger partial charge in [-0.25, -0.2) is 0 Å². The molecule has 2 aromatic rings. The fraction of sp³-hybridized carbons (Fsp3) is 0.417. The molecule has 0 radical (unpaired) electrons. The van der Waals surface area contributed by atoms with E-state index in [0.29, 0.717) is 11.7 Å². The van der Waals surface area contributed by atoms with E-state index in [2.05, 4.69) is 15.1 Å². The van der Waals surface area contributed by atoms with E-state index in [-0.39, 0.29) is 12.0 Å². The number of nitrogens with zero attached hydrogens (tertiary/aromatic N) is 3. The first-order valence-corrected chi connectivity index (χ1v) is 5.60. The average Bonchev–Trinajstić information content (AvgIpc) is 2.78. The molecule has 2 rings (SSSR count). The SMILES string of the molecule is Cc1ccc(-c2nc(C(N)C(C)C)no2)cn1. The van der Waals surface area contributed by atoms with Crippen LogP contribution in [0.2, 0.25) is 0 Å². The molecular weight excluding hydrogens is 216 g/mol. The van der Waals surface area contributed by atoms with Crippen LogP contribution in [0.25, 0.3) is 11.5 Å². The normalized spacial score (nSPS) is 13.0. The fourth-order valence-electron chi connectivity index (χ4n) is 1.38. The van der Waals surface area contributed by atoms with Crippen molar-refractivity contribution in [3.05, 3.63) is 29.8 Å². The summed E-state index contributed by atoms with van der Waals surface area (Å²) < 4.78 is 5.18. The fourth-order valence-corrected chi connectivity index (χ4v) is 1.38. The summed E-state index contributed by atoms with van der Waals surface area (Å²) in [6.45, 7) is 5.97. The number of rotatable bonds is 3. The molecule has 2 heterocycles. The summed E-state index contributed by atoms with van der Waals surface area (Å²) in [5.41, 5.74) is 7.71. The van der Waals surface area contributed by atoms with Gasteiger partial charge in [-0.05, 0) is 25.0 Å². The second kappa shape index (κ2) is 4.63. The molecule has 0 spiro atoms. The number of nitrogens with two attached hydrogens (primary N) is 1. The van der Waals surface area contributed by atoms with E-state index in [9.17, 15) is 0 Å². The first-order valence-electron chi connectivity index (χ1n) is 5.60. The van der Waals surface area contributed by atoms with Gasteiger partial charge in [-0.2, -0.15) is 4.98 Å². The summed E-state index contributed by atoms with van der Waals surface area (Å²) in [5.74, 6) is 1.27. The molecule has 17 heavy (non-hydrogen) atoms. The van der Waals surface area contributed by atoms with Gasteiger partial charge >= 0.3 is 0 Å². The first kappa shape index (κ1) is 11.7. The molecule has 0 bridgehead atoms. The number of pyridine rings is 1. The van der Waals surface area contributed by atoms with Crippen LogP contribution in [0, 0.1) is 12.8 Å². The molecule has 0 aromatic carbocycles. The molecule has 1 atom stereocenters. The third kappa shape index (κ3) is 2.50. The summed E-state index contributed by atoms with van der Waals surface area (Å²) in [7, 11) is 0. The largest absolute Gasteiger partial charge is 0.334 e. The topological polar surface area (TPSA) is 77.8 Å². The molecule has 0 amide bonds. The molecule has 0 aliphatic carbocycles. The Morgan fingerprint density at radius 1 is 1.29 bits per heavy atom. The minimum absolute atomic E-state index is 0.203. The van der Waals surface area contributed by atoms with Crippen molar-refractivity contribution in [2.24, 2.45) is 11.7 Å². The van der Waals surface area contributed by atoms with Gasteiger partial charge < -0.3 is 10.3 Å². The molecule has 5 nitrogen and oxygen atoms in total. The molecular formula is C12H16N4O. The van der Waals surface area contributed by atoms with Gasteiger partial charge in [0, 0.05) is 11.9 Å². The Bertz CT molecular complexity index is 489. The molecule has 2 aromatic heterocycles. The predicted molar refractivity (Wildman–Crippen MR) is 64.0 cm³/mol. The van der Waals surface area contributed by atoms with E-state index < -0.39 is 0 Å². The molecule has 0 fully saturated rings. The third-order valence-corrected chi connectivity index (χ3v) is 2.62. The van der Waals surface area contributed by atoms with Crippen LogP contribution in [-0.4, -0.2) is 15.1 Å². The minimum Gasteiger partial charge on any atom is -0.334 e. The van der Waals surface area contributed by atoms with E-state index in [1.165, 1.54) is 0 Å². The van der Waals surface area contributed by atoms with Crippen LogP contribution in [0.4, 0.5) is 0 Å². The zero-order chi connectivity index (χ0) is 12.4.